The molecule has 9 heteroatoms. The summed E-state index contributed by atoms with van der Waals surface area (Å²) in [6, 6.07) is 0. The molecule has 0 saturated carbocycles. The number of aromatic nitrogens is 2. The fourth-order valence-electron chi connectivity index (χ4n) is 1.98. The molecule has 2 heterocycles. The van der Waals surface area contributed by atoms with Crippen molar-refractivity contribution in [2.75, 3.05) is 6.61 Å². The van der Waals surface area contributed by atoms with Crippen LogP contribution in [0.15, 0.2) is 19.9 Å². The van der Waals surface area contributed by atoms with Gasteiger partial charge in [-0.3, -0.25) is 14.3 Å². The molecule has 1 fully saturated rings. The Bertz CT molecular complexity index is 640. The van der Waals surface area contributed by atoms with Gasteiger partial charge in [-0.05, 0) is 4.08 Å². The first-order valence-corrected chi connectivity index (χ1v) is 7.36. The lowest BCUT2D eigenvalue weighted by Gasteiger charge is -2.15. The van der Waals surface area contributed by atoms with E-state index < -0.39 is 29.7 Å². The van der Waals surface area contributed by atoms with Crippen molar-refractivity contribution in [2.45, 2.75) is 24.9 Å². The van der Waals surface area contributed by atoms with Crippen molar-refractivity contribution in [1.29, 1.82) is 0 Å². The zero-order valence-corrected chi connectivity index (χ0v) is 13.0. The van der Waals surface area contributed by atoms with Gasteiger partial charge in [0.2, 0.25) is 0 Å². The predicted molar refractivity (Wildman–Crippen MR) is 80.8 cm³/mol. The highest BCUT2D eigenvalue weighted by Gasteiger charge is 2.35. The van der Waals surface area contributed by atoms with Crippen molar-refractivity contribution < 1.29 is 14.9 Å². The largest absolute Gasteiger partial charge is 0.394 e. The Kier molecular flexibility index (Phi) is 5.02. The van der Waals surface area contributed by atoms with E-state index in [4.69, 9.17) is 21.4 Å². The highest BCUT2D eigenvalue weighted by atomic mass is 127. The van der Waals surface area contributed by atoms with Crippen LogP contribution >= 0.6 is 34.2 Å². The lowest BCUT2D eigenvalue weighted by Crippen LogP contribution is -2.33. The Hall–Kier alpha value is -0.680. The summed E-state index contributed by atoms with van der Waals surface area (Å²) in [5, 5.41) is 18.9. The van der Waals surface area contributed by atoms with Gasteiger partial charge in [0, 0.05) is 12.6 Å². The third kappa shape index (κ3) is 2.98. The summed E-state index contributed by atoms with van der Waals surface area (Å²) in [6.07, 6.45) is -0.956. The van der Waals surface area contributed by atoms with Gasteiger partial charge in [0.25, 0.3) is 5.56 Å². The summed E-state index contributed by atoms with van der Waals surface area (Å²) in [6.45, 7) is -0.350. The number of aliphatic hydroxyl groups is 2. The second kappa shape index (κ2) is 6.39. The number of aromatic amines is 1. The molecule has 1 aromatic heterocycles. The molecule has 0 aliphatic carbocycles. The molecule has 2 rings (SSSR count). The molecule has 110 valence electrons. The molecule has 0 aromatic carbocycles. The van der Waals surface area contributed by atoms with Crippen LogP contribution in [0.1, 0.15) is 18.2 Å². The Balaban J connectivity index is 2.43. The van der Waals surface area contributed by atoms with E-state index in [1.807, 2.05) is 22.6 Å². The van der Waals surface area contributed by atoms with Crippen LogP contribution in [-0.4, -0.2) is 38.6 Å². The van der Waals surface area contributed by atoms with Crippen LogP contribution in [0.25, 0.3) is 5.03 Å². The van der Waals surface area contributed by atoms with Crippen LogP contribution in [0.3, 0.4) is 0 Å². The van der Waals surface area contributed by atoms with Crippen molar-refractivity contribution in [3.63, 3.8) is 0 Å². The molecule has 0 amide bonds. The molecule has 0 radical (unpaired) electrons. The van der Waals surface area contributed by atoms with E-state index in [-0.39, 0.29) is 23.6 Å². The predicted octanol–water partition coefficient (Wildman–Crippen LogP) is 0.150. The zero-order valence-electron chi connectivity index (χ0n) is 10.1. The Morgan fingerprint density at radius 1 is 1.65 bits per heavy atom. The van der Waals surface area contributed by atoms with Crippen molar-refractivity contribution in [3.8, 4) is 0 Å². The number of hydrogen-bond donors (Lipinski definition) is 3. The van der Waals surface area contributed by atoms with Crippen LogP contribution in [0, 0.1) is 0 Å². The average molecular weight is 415 g/mol. The smallest absolute Gasteiger partial charge is 0.330 e. The third-order valence-corrected chi connectivity index (χ3v) is 4.32. The SMILES string of the molecule is O=c1[nH]c(=O)n([C@@H]2C[C@H](O)[C@@H](CO)O2)cc1/C(Cl)=C\I. The van der Waals surface area contributed by atoms with E-state index in [2.05, 4.69) is 4.98 Å². The van der Waals surface area contributed by atoms with Crippen LogP contribution in [0.2, 0.25) is 0 Å². The molecular weight excluding hydrogens is 402 g/mol. The summed E-state index contributed by atoms with van der Waals surface area (Å²) in [7, 11) is 0. The minimum atomic E-state index is -0.872. The number of halogens is 2. The van der Waals surface area contributed by atoms with Crippen molar-refractivity contribution in [3.05, 3.63) is 36.7 Å². The maximum absolute atomic E-state index is 11.8. The summed E-state index contributed by atoms with van der Waals surface area (Å²) in [4.78, 5) is 25.6. The van der Waals surface area contributed by atoms with Crippen LogP contribution in [0.4, 0.5) is 0 Å². The van der Waals surface area contributed by atoms with Crippen molar-refractivity contribution in [2.24, 2.45) is 0 Å². The van der Waals surface area contributed by atoms with Gasteiger partial charge in [0.15, 0.2) is 0 Å². The normalized spacial score (nSPS) is 27.0. The molecule has 3 N–H and O–H groups in total. The number of nitrogens with one attached hydrogen (secondary N) is 1. The van der Waals surface area contributed by atoms with Gasteiger partial charge >= 0.3 is 5.69 Å². The van der Waals surface area contributed by atoms with Gasteiger partial charge in [0.05, 0.1) is 23.3 Å². The number of ether oxygens (including phenoxy) is 1. The molecule has 20 heavy (non-hydrogen) atoms. The summed E-state index contributed by atoms with van der Waals surface area (Å²) in [5.41, 5.74) is -1.12. The summed E-state index contributed by atoms with van der Waals surface area (Å²) in [5.74, 6) is 0. The lowest BCUT2D eigenvalue weighted by molar-refractivity contribution is -0.0459. The van der Waals surface area contributed by atoms with Gasteiger partial charge in [0.1, 0.15) is 12.3 Å². The molecule has 0 bridgehead atoms. The molecule has 3 atom stereocenters. The van der Waals surface area contributed by atoms with Crippen molar-refractivity contribution in [1.82, 2.24) is 9.55 Å². The maximum atomic E-state index is 11.8. The third-order valence-electron chi connectivity index (χ3n) is 3.02. The fraction of sp³-hybridized carbons (Fsp3) is 0.455. The van der Waals surface area contributed by atoms with E-state index >= 15 is 0 Å². The molecule has 1 saturated heterocycles. The minimum absolute atomic E-state index is 0.131. The van der Waals surface area contributed by atoms with E-state index in [9.17, 15) is 14.7 Å². The highest BCUT2D eigenvalue weighted by Crippen LogP contribution is 2.28. The van der Waals surface area contributed by atoms with E-state index in [1.165, 1.54) is 10.3 Å². The molecule has 0 spiro atoms. The minimum Gasteiger partial charge on any atom is -0.394 e. The quantitative estimate of drug-likeness (QED) is 0.611. The van der Waals surface area contributed by atoms with E-state index in [1.54, 1.807) is 0 Å². The van der Waals surface area contributed by atoms with Crippen LogP contribution in [-0.2, 0) is 4.74 Å². The average Bonchev–Trinajstić information content (AvgIpc) is 2.79. The van der Waals surface area contributed by atoms with Gasteiger partial charge in [-0.25, -0.2) is 4.79 Å². The first-order chi connectivity index (χ1) is 9.47. The molecule has 1 aromatic rings. The highest BCUT2D eigenvalue weighted by molar-refractivity contribution is 14.1. The Labute approximate surface area is 132 Å². The Morgan fingerprint density at radius 3 is 2.90 bits per heavy atom. The lowest BCUT2D eigenvalue weighted by atomic mass is 10.2. The second-order valence-corrected chi connectivity index (χ2v) is 5.31. The van der Waals surface area contributed by atoms with E-state index in [0.29, 0.717) is 0 Å². The molecule has 7 nitrogen and oxygen atoms in total. The maximum Gasteiger partial charge on any atom is 0.330 e. The number of aliphatic hydroxyl groups excluding tert-OH is 2. The van der Waals surface area contributed by atoms with Gasteiger partial charge < -0.3 is 14.9 Å². The standard InChI is InChI=1S/C11H12ClIN2O5/c12-6(2-13)5-3-15(11(19)14-10(5)18)9-1-7(17)8(4-16)20-9/h2-3,7-9,16-17H,1,4H2,(H,14,18,19)/b6-2+/t7-,8+,9-/m0/s1. The summed E-state index contributed by atoms with van der Waals surface area (Å²) >= 11 is 7.78. The first-order valence-electron chi connectivity index (χ1n) is 5.74. The number of H-pyrrole nitrogens is 1. The Morgan fingerprint density at radius 2 is 2.35 bits per heavy atom. The van der Waals surface area contributed by atoms with Gasteiger partial charge in [-0.2, -0.15) is 0 Å². The van der Waals surface area contributed by atoms with Crippen LogP contribution in [0.5, 0.6) is 0 Å². The monoisotopic (exact) mass is 414 g/mol. The van der Waals surface area contributed by atoms with Gasteiger partial charge in [-0.15, -0.1) is 0 Å². The molecule has 1 aliphatic heterocycles. The molecule has 0 unspecified atom stereocenters. The first kappa shape index (κ1) is 15.7. The van der Waals surface area contributed by atoms with Crippen molar-refractivity contribution >= 4 is 39.2 Å². The zero-order chi connectivity index (χ0) is 14.9. The molecular formula is C11H12ClIN2O5. The number of hydrogen-bond acceptors (Lipinski definition) is 5. The summed E-state index contributed by atoms with van der Waals surface area (Å²) < 4.78 is 8.02. The topological polar surface area (TPSA) is 105 Å². The number of nitrogens with zero attached hydrogens (tertiary/aromatic N) is 1. The second-order valence-electron chi connectivity index (χ2n) is 4.28. The van der Waals surface area contributed by atoms with E-state index in [0.717, 1.165) is 4.57 Å². The van der Waals surface area contributed by atoms with Gasteiger partial charge in [-0.1, -0.05) is 34.2 Å². The number of rotatable bonds is 3. The fourth-order valence-corrected chi connectivity index (χ4v) is 2.45. The van der Waals surface area contributed by atoms with Crippen LogP contribution < -0.4 is 11.2 Å². The molecule has 1 aliphatic rings.